The van der Waals surface area contributed by atoms with Crippen molar-refractivity contribution in [2.24, 2.45) is 94.7 Å². The number of hydrogen-bond acceptors (Lipinski definition) is 10. The van der Waals surface area contributed by atoms with Gasteiger partial charge in [0.25, 0.3) is 0 Å². The molecule has 6 saturated carbocycles. The van der Waals surface area contributed by atoms with E-state index in [1.54, 1.807) is 24.3 Å². The van der Waals surface area contributed by atoms with Gasteiger partial charge in [-0.2, -0.15) is 0 Å². The minimum atomic E-state index is -1.06. The summed E-state index contributed by atoms with van der Waals surface area (Å²) in [5.74, 6) is 6.76. The van der Waals surface area contributed by atoms with Crippen LogP contribution in [0.4, 0.5) is 0 Å². The lowest BCUT2D eigenvalue weighted by Gasteiger charge is -2.44. The maximum Gasteiger partial charge on any atom is 0.338 e. The highest BCUT2D eigenvalue weighted by Crippen LogP contribution is 2.64. The Balaban J connectivity index is 0.733. The molecule has 2 bridgehead atoms. The summed E-state index contributed by atoms with van der Waals surface area (Å²) < 4.78 is 23.7. The predicted octanol–water partition coefficient (Wildman–Crippen LogP) is 20.4. The van der Waals surface area contributed by atoms with Crippen molar-refractivity contribution in [3.8, 4) is 0 Å². The minimum Gasteiger partial charge on any atom is -0.478 e. The molecule has 6 fully saturated rings. The van der Waals surface area contributed by atoms with Gasteiger partial charge in [-0.3, -0.25) is 9.59 Å². The van der Waals surface area contributed by atoms with Crippen LogP contribution in [0.2, 0.25) is 0 Å². The number of unbranched alkanes of at least 4 members (excludes halogenated alkanes) is 14. The van der Waals surface area contributed by atoms with E-state index in [0.29, 0.717) is 110 Å². The zero-order chi connectivity index (χ0) is 65.9. The molecular formula is C81H124O12. The lowest BCUT2D eigenvalue weighted by molar-refractivity contribution is -0.147. The molecule has 16 unspecified atom stereocenters. The third kappa shape index (κ3) is 22.7. The molecule has 520 valence electrons. The molecule has 12 nitrogen and oxygen atoms in total. The standard InChI is InChI=1S/C81H124O12/c1-5-9-11-13-14-20-29-60-41-40-59(28-19-12-10-6-2)70(34-21-15-17-23-36-76(82)90-54-58(8-4)73-50-69-51-75(73)74-46-57(45-72(69)74)53-93-81(89)67-33-26-31-65(49-67)79(86)87)71(60)35-22-16-18-24-37-77(83)91-55-68(27-7-3)63-43-42-62(47-63)61-39-38-56(44-61)52-92-80(88)66-32-25-30-64(48-66)78(84)85/h25-26,30-33,48-49,56-63,68-75H,5-24,27-29,34-47,50-55H2,1-4H3,(H,84,85)(H,86,87). The first-order chi connectivity index (χ1) is 45.3. The number of hydrogen-bond donors (Lipinski definition) is 2. The van der Waals surface area contributed by atoms with Gasteiger partial charge in [0, 0.05) is 12.8 Å². The van der Waals surface area contributed by atoms with Gasteiger partial charge in [-0.1, -0.05) is 162 Å². The van der Waals surface area contributed by atoms with Crippen LogP contribution < -0.4 is 0 Å². The Morgan fingerprint density at radius 3 is 1.47 bits per heavy atom. The maximum absolute atomic E-state index is 13.4. The first kappa shape index (κ1) is 74.1. The summed E-state index contributed by atoms with van der Waals surface area (Å²) >= 11 is 0. The SMILES string of the molecule is CCCCCCCCC1CCC(CCCCCC)C(CCCCCCC(=O)OCC(CC)C2CC3CC2C2CC(COC(=O)c4cccc(C(=O)O)c4)CC32)C1CCCCCCC(=O)OCC(CCC)C1CCC(C2CCC(COC(=O)c3cccc(C(=O)O)c3)C2)C1. The molecule has 2 aromatic carbocycles. The number of ether oxygens (including phenoxy) is 4. The Hall–Kier alpha value is -4.74. The van der Waals surface area contributed by atoms with Crippen molar-refractivity contribution in [1.29, 1.82) is 0 Å². The Morgan fingerprint density at radius 2 is 0.914 bits per heavy atom. The topological polar surface area (TPSA) is 180 Å². The fourth-order valence-corrected chi connectivity index (χ4v) is 19.7. The van der Waals surface area contributed by atoms with E-state index in [2.05, 4.69) is 27.7 Å². The van der Waals surface area contributed by atoms with Gasteiger partial charge in [-0.05, 0) is 247 Å². The normalized spacial score (nSPS) is 27.8. The quantitative estimate of drug-likeness (QED) is 0.0365. The fraction of sp³-hybridized carbons (Fsp3) is 0.778. The number of benzene rings is 2. The number of aromatic carboxylic acids is 2. The van der Waals surface area contributed by atoms with Crippen molar-refractivity contribution in [1.82, 2.24) is 0 Å². The first-order valence-corrected chi connectivity index (χ1v) is 38.6. The van der Waals surface area contributed by atoms with E-state index >= 15 is 0 Å². The van der Waals surface area contributed by atoms with Crippen molar-refractivity contribution in [3.63, 3.8) is 0 Å². The van der Waals surface area contributed by atoms with Gasteiger partial charge in [0.1, 0.15) is 0 Å². The minimum absolute atomic E-state index is 0.0243. The molecule has 0 heterocycles. The monoisotopic (exact) mass is 1290 g/mol. The summed E-state index contributed by atoms with van der Waals surface area (Å²) in [6, 6.07) is 12.1. The van der Waals surface area contributed by atoms with Crippen LogP contribution in [0, 0.1) is 94.7 Å². The summed E-state index contributed by atoms with van der Waals surface area (Å²) in [6.07, 6.45) is 46.3. The molecule has 8 rings (SSSR count). The Bertz CT molecular complexity index is 2590. The summed E-state index contributed by atoms with van der Waals surface area (Å²) in [5.41, 5.74) is 0.738. The molecule has 0 amide bonds. The fourth-order valence-electron chi connectivity index (χ4n) is 19.7. The smallest absolute Gasteiger partial charge is 0.338 e. The summed E-state index contributed by atoms with van der Waals surface area (Å²) in [6.45, 7) is 11.0. The zero-order valence-corrected chi connectivity index (χ0v) is 58.2. The van der Waals surface area contributed by atoms with Crippen molar-refractivity contribution < 1.29 is 57.9 Å². The molecule has 6 aliphatic rings. The summed E-state index contributed by atoms with van der Waals surface area (Å²) in [5, 5.41) is 18.7. The number of rotatable bonds is 44. The highest BCUT2D eigenvalue weighted by atomic mass is 16.5. The van der Waals surface area contributed by atoms with Crippen LogP contribution in [0.5, 0.6) is 0 Å². The number of carbonyl (C=O) groups excluding carboxylic acids is 4. The van der Waals surface area contributed by atoms with Gasteiger partial charge in [-0.25, -0.2) is 19.2 Å². The second-order valence-electron chi connectivity index (χ2n) is 30.8. The maximum atomic E-state index is 13.4. The highest BCUT2D eigenvalue weighted by Gasteiger charge is 2.57. The Labute approximate surface area is 561 Å². The largest absolute Gasteiger partial charge is 0.478 e. The average molecular weight is 1290 g/mol. The zero-order valence-electron chi connectivity index (χ0n) is 58.2. The lowest BCUT2D eigenvalue weighted by Crippen LogP contribution is -2.35. The van der Waals surface area contributed by atoms with Gasteiger partial charge in [-0.15, -0.1) is 0 Å². The van der Waals surface area contributed by atoms with Gasteiger partial charge >= 0.3 is 35.8 Å². The molecule has 0 aromatic heterocycles. The molecule has 16 atom stereocenters. The highest BCUT2D eigenvalue weighted by molar-refractivity contribution is 5.95. The van der Waals surface area contributed by atoms with Crippen LogP contribution in [0.25, 0.3) is 0 Å². The number of fused-ring (bicyclic) bond motifs is 5. The third-order valence-corrected chi connectivity index (χ3v) is 24.7. The van der Waals surface area contributed by atoms with Gasteiger partial charge in [0.05, 0.1) is 48.7 Å². The first-order valence-electron chi connectivity index (χ1n) is 38.6. The van der Waals surface area contributed by atoms with E-state index in [1.807, 2.05) is 0 Å². The van der Waals surface area contributed by atoms with Gasteiger partial charge in [0.15, 0.2) is 0 Å². The molecule has 0 radical (unpaired) electrons. The van der Waals surface area contributed by atoms with Crippen LogP contribution in [0.15, 0.2) is 48.5 Å². The Morgan fingerprint density at radius 1 is 0.430 bits per heavy atom. The van der Waals surface area contributed by atoms with Gasteiger partial charge < -0.3 is 29.2 Å². The third-order valence-electron chi connectivity index (χ3n) is 24.7. The Kier molecular flexibility index (Phi) is 31.4. The number of carboxylic acids is 2. The molecule has 2 N–H and O–H groups in total. The van der Waals surface area contributed by atoms with Crippen molar-refractivity contribution in [2.45, 2.75) is 278 Å². The second kappa shape index (κ2) is 39.5. The predicted molar refractivity (Wildman–Crippen MR) is 368 cm³/mol. The second-order valence-corrected chi connectivity index (χ2v) is 30.8. The number of carboxylic acid groups (broad SMARTS) is 2. The molecular weight excluding hydrogens is 1160 g/mol. The number of esters is 4. The van der Waals surface area contributed by atoms with E-state index in [4.69, 9.17) is 18.9 Å². The molecule has 6 aliphatic carbocycles. The van der Waals surface area contributed by atoms with Crippen molar-refractivity contribution in [3.05, 3.63) is 70.8 Å². The molecule has 0 spiro atoms. The average Bonchev–Trinajstić information content (AvgIpc) is 1.58. The van der Waals surface area contributed by atoms with E-state index in [9.17, 15) is 39.0 Å². The van der Waals surface area contributed by atoms with Crippen LogP contribution in [-0.4, -0.2) is 72.5 Å². The van der Waals surface area contributed by atoms with Crippen LogP contribution in [-0.2, 0) is 28.5 Å². The lowest BCUT2D eigenvalue weighted by atomic mass is 9.61. The van der Waals surface area contributed by atoms with E-state index in [0.717, 1.165) is 101 Å². The molecule has 12 heteroatoms. The van der Waals surface area contributed by atoms with Gasteiger partial charge in [0.2, 0.25) is 0 Å². The van der Waals surface area contributed by atoms with E-state index in [-0.39, 0.29) is 34.2 Å². The molecule has 93 heavy (non-hydrogen) atoms. The summed E-state index contributed by atoms with van der Waals surface area (Å²) in [4.78, 5) is 75.2. The van der Waals surface area contributed by atoms with Crippen LogP contribution in [0.1, 0.15) is 320 Å². The number of carbonyl (C=O) groups is 6. The summed E-state index contributed by atoms with van der Waals surface area (Å²) in [7, 11) is 0. The van der Waals surface area contributed by atoms with Crippen molar-refractivity contribution in [2.75, 3.05) is 26.4 Å². The van der Waals surface area contributed by atoms with E-state index < -0.39 is 23.9 Å². The van der Waals surface area contributed by atoms with E-state index in [1.165, 1.54) is 185 Å². The molecule has 2 aromatic rings. The molecule has 0 saturated heterocycles. The van der Waals surface area contributed by atoms with Crippen molar-refractivity contribution >= 4 is 35.8 Å². The van der Waals surface area contributed by atoms with Crippen LogP contribution in [0.3, 0.4) is 0 Å². The van der Waals surface area contributed by atoms with Crippen LogP contribution >= 0.6 is 0 Å². The molecule has 0 aliphatic heterocycles.